The second-order valence-electron chi connectivity index (χ2n) is 15.6. The number of carbonyl (C=O) groups excluding carboxylic acids is 1. The van der Waals surface area contributed by atoms with Gasteiger partial charge in [-0.05, 0) is 90.8 Å². The van der Waals surface area contributed by atoms with Crippen LogP contribution in [0.4, 0.5) is 46.5 Å². The number of hydrogen-bond acceptors (Lipinski definition) is 19. The Labute approximate surface area is 342 Å². The highest BCUT2D eigenvalue weighted by atomic mass is 16.1. The van der Waals surface area contributed by atoms with Crippen LogP contribution in [-0.4, -0.2) is 178 Å². The summed E-state index contributed by atoms with van der Waals surface area (Å²) >= 11 is 0. The van der Waals surface area contributed by atoms with E-state index in [-0.39, 0.29) is 0 Å². The van der Waals surface area contributed by atoms with Gasteiger partial charge in [0.2, 0.25) is 0 Å². The van der Waals surface area contributed by atoms with E-state index in [2.05, 4.69) is 161 Å². The summed E-state index contributed by atoms with van der Waals surface area (Å²) in [6.07, 6.45) is 0. The molecule has 4 aliphatic heterocycles. The zero-order chi connectivity index (χ0) is 41.3. The molecule has 19 heteroatoms. The molecule has 4 aromatic heterocycles. The lowest BCUT2D eigenvalue weighted by Gasteiger charge is -2.45. The van der Waals surface area contributed by atoms with Crippen molar-refractivity contribution in [3.05, 3.63) is 72.8 Å². The second kappa shape index (κ2) is 19.2. The van der Waals surface area contributed by atoms with E-state index >= 15 is 0 Å². The van der Waals surface area contributed by atoms with Gasteiger partial charge in [-0.2, -0.15) is 0 Å². The van der Waals surface area contributed by atoms with Crippen LogP contribution in [0.2, 0.25) is 0 Å². The number of nitrogens with zero attached hydrogens (tertiary/aromatic N) is 16. The Balaban J connectivity index is 0.000000502. The van der Waals surface area contributed by atoms with Gasteiger partial charge in [-0.3, -0.25) is 29.4 Å². The Kier molecular flexibility index (Phi) is 14.0. The summed E-state index contributed by atoms with van der Waals surface area (Å²) in [4.78, 5) is 55.2. The third kappa shape index (κ3) is 10.9. The highest BCUT2D eigenvalue weighted by Crippen LogP contribution is 2.29. The van der Waals surface area contributed by atoms with Gasteiger partial charge < -0.3 is 45.7 Å². The molecule has 312 valence electrons. The number of rotatable bonds is 6. The highest BCUT2D eigenvalue weighted by Gasteiger charge is 2.29. The molecule has 0 spiro atoms. The predicted molar refractivity (Wildman–Crippen MR) is 233 cm³/mol. The number of nitrogens with two attached hydrogens (primary N) is 2. The van der Waals surface area contributed by atoms with E-state index in [1.807, 2.05) is 6.79 Å². The van der Waals surface area contributed by atoms with Gasteiger partial charge in [-0.25, -0.2) is 19.9 Å². The number of nitrogen functional groups attached to an aromatic ring is 2. The Hall–Kier alpha value is -5.57. The van der Waals surface area contributed by atoms with Gasteiger partial charge in [0.1, 0.15) is 53.3 Å². The summed E-state index contributed by atoms with van der Waals surface area (Å²) in [5.41, 5.74) is 10.5. The van der Waals surface area contributed by atoms with Gasteiger partial charge in [0.25, 0.3) is 0 Å². The lowest BCUT2D eigenvalue weighted by atomic mass is 10.3. The van der Waals surface area contributed by atoms with Crippen molar-refractivity contribution in [1.29, 1.82) is 0 Å². The van der Waals surface area contributed by atoms with Gasteiger partial charge in [0.15, 0.2) is 0 Å². The van der Waals surface area contributed by atoms with Crippen molar-refractivity contribution >= 4 is 53.3 Å². The first-order valence-corrected chi connectivity index (χ1v) is 19.2. The van der Waals surface area contributed by atoms with Crippen molar-refractivity contribution in [3.8, 4) is 0 Å². The van der Waals surface area contributed by atoms with Gasteiger partial charge >= 0.3 is 0 Å². The maximum atomic E-state index is 8.00. The van der Waals surface area contributed by atoms with Crippen molar-refractivity contribution in [2.45, 2.75) is 0 Å². The SMILES string of the molecule is C=O.CN1CN(C)CN(c2cccc(N3CN(c4cccc(N5CN(C)CN(C)C5)n4)CN(c4cccc(N5CN(C)CN(C)C5)n4)C3)n2)C1.Nc1cccc(N)n1. The zero-order valence-corrected chi connectivity index (χ0v) is 34.8. The van der Waals surface area contributed by atoms with Crippen molar-refractivity contribution in [1.82, 2.24) is 49.3 Å². The Bertz CT molecular complexity index is 1690. The number of hydrogen-bond donors (Lipinski definition) is 2. The molecule has 8 heterocycles. The van der Waals surface area contributed by atoms with E-state index < -0.39 is 0 Å². The summed E-state index contributed by atoms with van der Waals surface area (Å²) in [7, 11) is 12.9. The molecule has 0 aromatic carbocycles. The maximum absolute atomic E-state index is 8.00. The first kappa shape index (κ1) is 42.0. The lowest BCUT2D eigenvalue weighted by molar-refractivity contribution is -0.0980. The van der Waals surface area contributed by atoms with Crippen LogP contribution in [0, 0.1) is 0 Å². The van der Waals surface area contributed by atoms with Crippen LogP contribution in [-0.2, 0) is 4.79 Å². The van der Waals surface area contributed by atoms with Crippen molar-refractivity contribution < 1.29 is 4.79 Å². The molecule has 4 aromatic rings. The topological polar surface area (TPSA) is 160 Å². The summed E-state index contributed by atoms with van der Waals surface area (Å²) in [6.45, 7) is 11.8. The first-order valence-electron chi connectivity index (χ1n) is 19.2. The van der Waals surface area contributed by atoms with E-state index in [1.165, 1.54) is 0 Å². The van der Waals surface area contributed by atoms with Crippen LogP contribution in [0.1, 0.15) is 0 Å². The third-order valence-corrected chi connectivity index (χ3v) is 9.84. The van der Waals surface area contributed by atoms with Crippen LogP contribution >= 0.6 is 0 Å². The average Bonchev–Trinajstić information content (AvgIpc) is 3.21. The van der Waals surface area contributed by atoms with Crippen LogP contribution < -0.4 is 40.9 Å². The Morgan fingerprint density at radius 3 is 0.759 bits per heavy atom. The van der Waals surface area contributed by atoms with E-state index in [9.17, 15) is 0 Å². The van der Waals surface area contributed by atoms with Crippen LogP contribution in [0.3, 0.4) is 0 Å². The van der Waals surface area contributed by atoms with Crippen LogP contribution in [0.5, 0.6) is 0 Å². The largest absolute Gasteiger partial charge is 0.384 e. The molecule has 4 fully saturated rings. The van der Waals surface area contributed by atoms with E-state index in [0.717, 1.165) is 94.9 Å². The van der Waals surface area contributed by atoms with Crippen molar-refractivity contribution in [2.75, 3.05) is 163 Å². The van der Waals surface area contributed by atoms with Crippen molar-refractivity contribution in [3.63, 3.8) is 0 Å². The smallest absolute Gasteiger partial charge is 0.133 e. The Morgan fingerprint density at radius 2 is 0.552 bits per heavy atom. The molecule has 0 radical (unpaired) electrons. The quantitative estimate of drug-likeness (QED) is 0.287. The predicted octanol–water partition coefficient (Wildman–Crippen LogP) is 1.31. The highest BCUT2D eigenvalue weighted by molar-refractivity contribution is 5.58. The van der Waals surface area contributed by atoms with E-state index in [0.29, 0.717) is 31.6 Å². The molecule has 4 saturated heterocycles. The Morgan fingerprint density at radius 1 is 0.345 bits per heavy atom. The summed E-state index contributed by atoms with van der Waals surface area (Å²) in [6, 6.07) is 24.2. The fraction of sp³-hybridized carbons (Fsp3) is 0.462. The number of anilines is 8. The molecule has 0 amide bonds. The minimum atomic E-state index is 0.463. The lowest BCUT2D eigenvalue weighted by Crippen LogP contribution is -2.56. The molecule has 58 heavy (non-hydrogen) atoms. The van der Waals surface area contributed by atoms with Gasteiger partial charge in [-0.15, -0.1) is 0 Å². The minimum Gasteiger partial charge on any atom is -0.384 e. The molecule has 0 unspecified atom stereocenters. The minimum absolute atomic E-state index is 0.463. The normalized spacial score (nSPS) is 19.4. The monoisotopic (exact) mass is 797 g/mol. The first-order chi connectivity index (χ1) is 27.9. The van der Waals surface area contributed by atoms with Crippen LogP contribution in [0.25, 0.3) is 0 Å². The third-order valence-electron chi connectivity index (χ3n) is 9.84. The summed E-state index contributed by atoms with van der Waals surface area (Å²) in [5, 5.41) is 0. The molecule has 0 saturated carbocycles. The van der Waals surface area contributed by atoms with Crippen molar-refractivity contribution in [2.24, 2.45) is 0 Å². The second-order valence-corrected chi connectivity index (χ2v) is 15.6. The average molecular weight is 797 g/mol. The number of pyridine rings is 4. The molecule has 8 rings (SSSR count). The van der Waals surface area contributed by atoms with Gasteiger partial charge in [-0.1, -0.05) is 24.3 Å². The number of carbonyl (C=O) groups is 1. The fourth-order valence-corrected chi connectivity index (χ4v) is 7.77. The fourth-order valence-electron chi connectivity index (χ4n) is 7.77. The molecule has 19 nitrogen and oxygen atoms in total. The molecular formula is C39H60N18O. The standard InChI is InChI=1S/C33H51N15.C5H7N3.CH2O/c1-37-16-38(2)20-43(19-37)28-10-7-13-31(34-28)46-25-47(32-14-8-11-29(35-32)44-21-39(3)17-40(4)22-44)27-48(26-46)33-15-9-12-30(36-33)45-23-41(5)18-42(6)24-45;6-4-2-1-3-5(7)8-4;1-2/h7-15H,16-27H2,1-6H3;1-3H,(H4,6,7,8);1H2. The zero-order valence-electron chi connectivity index (χ0n) is 34.8. The molecule has 0 bridgehead atoms. The summed E-state index contributed by atoms with van der Waals surface area (Å²) < 4.78 is 0. The molecular weight excluding hydrogens is 737 g/mol. The number of aromatic nitrogens is 4. The van der Waals surface area contributed by atoms with E-state index in [1.54, 1.807) is 18.2 Å². The summed E-state index contributed by atoms with van der Waals surface area (Å²) in [5.74, 6) is 6.66. The van der Waals surface area contributed by atoms with E-state index in [4.69, 9.17) is 31.2 Å². The molecule has 0 atom stereocenters. The molecule has 0 aliphatic carbocycles. The molecule has 4 N–H and O–H groups in total. The maximum Gasteiger partial charge on any atom is 0.133 e. The van der Waals surface area contributed by atoms with Crippen LogP contribution in [0.15, 0.2) is 72.8 Å². The van der Waals surface area contributed by atoms with Gasteiger partial charge in [0, 0.05) is 0 Å². The molecule has 4 aliphatic rings. The van der Waals surface area contributed by atoms with Gasteiger partial charge in [0.05, 0.1) is 80.0 Å².